The summed E-state index contributed by atoms with van der Waals surface area (Å²) in [5.41, 5.74) is -0.696. The summed E-state index contributed by atoms with van der Waals surface area (Å²) in [5, 5.41) is 0. The van der Waals surface area contributed by atoms with E-state index in [4.69, 9.17) is 4.74 Å². The van der Waals surface area contributed by atoms with E-state index >= 15 is 0 Å². The highest BCUT2D eigenvalue weighted by Crippen LogP contribution is 2.42. The van der Waals surface area contributed by atoms with Crippen molar-refractivity contribution in [1.29, 1.82) is 0 Å². The summed E-state index contributed by atoms with van der Waals surface area (Å²) in [4.78, 5) is 14.5. The van der Waals surface area contributed by atoms with Gasteiger partial charge < -0.3 is 9.64 Å². The standard InChI is InChI=1S/C12H19F3N2O2/c1-11(2,3)19-10(18)17-6-7-5-8(17)9(16(7)4)12(13,14)15/h7-9H,5-6H2,1-4H3. The lowest BCUT2D eigenvalue weighted by molar-refractivity contribution is -0.193. The van der Waals surface area contributed by atoms with Gasteiger partial charge in [-0.2, -0.15) is 13.2 Å². The van der Waals surface area contributed by atoms with Crippen LogP contribution in [-0.4, -0.2) is 59.4 Å². The third-order valence-corrected chi connectivity index (χ3v) is 3.66. The Bertz CT molecular complexity index is 378. The molecule has 0 aromatic carbocycles. The van der Waals surface area contributed by atoms with Gasteiger partial charge >= 0.3 is 12.3 Å². The first kappa shape index (κ1) is 14.4. The Labute approximate surface area is 110 Å². The number of piperazine rings is 1. The van der Waals surface area contributed by atoms with Gasteiger partial charge in [-0.15, -0.1) is 0 Å². The van der Waals surface area contributed by atoms with Crippen LogP contribution >= 0.6 is 0 Å². The van der Waals surface area contributed by atoms with Gasteiger partial charge in [0.1, 0.15) is 11.6 Å². The Morgan fingerprint density at radius 3 is 2.26 bits per heavy atom. The number of amides is 1. The minimum Gasteiger partial charge on any atom is -0.444 e. The molecule has 0 N–H and O–H groups in total. The van der Waals surface area contributed by atoms with Crippen LogP contribution in [0.4, 0.5) is 18.0 Å². The largest absolute Gasteiger partial charge is 0.444 e. The summed E-state index contributed by atoms with van der Waals surface area (Å²) in [6.45, 7) is 5.41. The summed E-state index contributed by atoms with van der Waals surface area (Å²) in [6, 6.07) is -2.65. The molecule has 2 fully saturated rings. The Hall–Kier alpha value is -0.980. The number of halogens is 3. The van der Waals surface area contributed by atoms with E-state index in [0.717, 1.165) is 0 Å². The van der Waals surface area contributed by atoms with Crippen LogP contribution in [0.5, 0.6) is 0 Å². The highest BCUT2D eigenvalue weighted by atomic mass is 19.4. The summed E-state index contributed by atoms with van der Waals surface area (Å²) < 4.78 is 44.2. The van der Waals surface area contributed by atoms with Gasteiger partial charge in [-0.05, 0) is 34.2 Å². The number of alkyl halides is 3. The van der Waals surface area contributed by atoms with Crippen LogP contribution in [0.3, 0.4) is 0 Å². The van der Waals surface area contributed by atoms with Crippen molar-refractivity contribution in [3.63, 3.8) is 0 Å². The van der Waals surface area contributed by atoms with E-state index in [0.29, 0.717) is 13.0 Å². The zero-order valence-electron chi connectivity index (χ0n) is 11.5. The van der Waals surface area contributed by atoms with E-state index < -0.39 is 30.0 Å². The average Bonchev–Trinajstić information content (AvgIpc) is 2.69. The van der Waals surface area contributed by atoms with Crippen molar-refractivity contribution in [3.05, 3.63) is 0 Å². The Kier molecular flexibility index (Phi) is 3.24. The van der Waals surface area contributed by atoms with Crippen molar-refractivity contribution in [3.8, 4) is 0 Å². The van der Waals surface area contributed by atoms with E-state index in [1.807, 2.05) is 0 Å². The molecule has 7 heteroatoms. The Balaban J connectivity index is 2.13. The normalized spacial score (nSPS) is 31.9. The first-order chi connectivity index (χ1) is 8.50. The average molecular weight is 280 g/mol. The molecule has 2 aliphatic heterocycles. The van der Waals surface area contributed by atoms with Crippen molar-refractivity contribution < 1.29 is 22.7 Å². The number of likely N-dealkylation sites (N-methyl/N-ethyl adjacent to an activating group) is 1. The summed E-state index contributed by atoms with van der Waals surface area (Å²) in [5.74, 6) is 0. The van der Waals surface area contributed by atoms with Crippen LogP contribution in [0.15, 0.2) is 0 Å². The number of likely N-dealkylation sites (tertiary alicyclic amines) is 2. The number of carbonyl (C=O) groups excluding carboxylic acids is 1. The zero-order chi connectivity index (χ0) is 14.6. The molecule has 4 nitrogen and oxygen atoms in total. The van der Waals surface area contributed by atoms with Crippen LogP contribution in [0, 0.1) is 0 Å². The van der Waals surface area contributed by atoms with Gasteiger partial charge in [0, 0.05) is 12.6 Å². The molecule has 0 aromatic heterocycles. The van der Waals surface area contributed by atoms with E-state index in [-0.39, 0.29) is 6.04 Å². The maximum absolute atomic E-state index is 13.0. The highest BCUT2D eigenvalue weighted by Gasteiger charge is 2.60. The molecular weight excluding hydrogens is 261 g/mol. The fraction of sp³-hybridized carbons (Fsp3) is 0.917. The van der Waals surface area contributed by atoms with Crippen molar-refractivity contribution >= 4 is 6.09 Å². The SMILES string of the molecule is CN1C2CC(C1C(F)(F)F)N(C(=O)OC(C)(C)C)C2. The van der Waals surface area contributed by atoms with Crippen LogP contribution in [0.1, 0.15) is 27.2 Å². The molecule has 2 rings (SSSR count). The lowest BCUT2D eigenvalue weighted by atomic mass is 10.1. The maximum atomic E-state index is 13.0. The summed E-state index contributed by atoms with van der Waals surface area (Å²) in [6.07, 6.45) is -4.61. The number of nitrogens with zero attached hydrogens (tertiary/aromatic N) is 2. The van der Waals surface area contributed by atoms with Crippen molar-refractivity contribution in [1.82, 2.24) is 9.80 Å². The zero-order valence-corrected chi connectivity index (χ0v) is 11.5. The minimum atomic E-state index is -4.32. The summed E-state index contributed by atoms with van der Waals surface area (Å²) >= 11 is 0. The van der Waals surface area contributed by atoms with E-state index in [1.54, 1.807) is 20.8 Å². The van der Waals surface area contributed by atoms with Gasteiger partial charge in [-0.1, -0.05) is 0 Å². The van der Waals surface area contributed by atoms with Gasteiger partial charge in [0.05, 0.1) is 6.04 Å². The van der Waals surface area contributed by atoms with Gasteiger partial charge in [-0.25, -0.2) is 4.79 Å². The topological polar surface area (TPSA) is 32.8 Å². The highest BCUT2D eigenvalue weighted by molar-refractivity contribution is 5.69. The van der Waals surface area contributed by atoms with Crippen LogP contribution in [0.25, 0.3) is 0 Å². The Morgan fingerprint density at radius 2 is 1.84 bits per heavy atom. The van der Waals surface area contributed by atoms with Crippen molar-refractivity contribution in [2.24, 2.45) is 0 Å². The molecule has 3 unspecified atom stereocenters. The van der Waals surface area contributed by atoms with Gasteiger partial charge in [0.15, 0.2) is 0 Å². The molecule has 3 atom stereocenters. The molecular formula is C12H19F3N2O2. The molecule has 0 aromatic rings. The maximum Gasteiger partial charge on any atom is 0.410 e. The molecule has 0 aliphatic carbocycles. The summed E-state index contributed by atoms with van der Waals surface area (Å²) in [7, 11) is 1.47. The fourth-order valence-corrected chi connectivity index (χ4v) is 2.92. The molecule has 0 spiro atoms. The molecule has 0 saturated carbocycles. The van der Waals surface area contributed by atoms with E-state index in [2.05, 4.69) is 0 Å². The minimum absolute atomic E-state index is 0.232. The van der Waals surface area contributed by atoms with Crippen LogP contribution in [-0.2, 0) is 4.74 Å². The number of hydrogen-bond acceptors (Lipinski definition) is 3. The van der Waals surface area contributed by atoms with E-state index in [1.165, 1.54) is 16.8 Å². The Morgan fingerprint density at radius 1 is 1.26 bits per heavy atom. The smallest absolute Gasteiger partial charge is 0.410 e. The molecule has 0 radical (unpaired) electrons. The third-order valence-electron chi connectivity index (χ3n) is 3.66. The first-order valence-corrected chi connectivity index (χ1v) is 6.29. The third kappa shape index (κ3) is 2.66. The lowest BCUT2D eigenvalue weighted by Crippen LogP contribution is -2.59. The van der Waals surface area contributed by atoms with Crippen molar-refractivity contribution in [2.75, 3.05) is 13.6 Å². The fourth-order valence-electron chi connectivity index (χ4n) is 2.92. The number of ether oxygens (including phenoxy) is 1. The van der Waals surface area contributed by atoms with Crippen LogP contribution in [0.2, 0.25) is 0 Å². The van der Waals surface area contributed by atoms with Gasteiger partial charge in [0.25, 0.3) is 0 Å². The molecule has 2 heterocycles. The molecule has 19 heavy (non-hydrogen) atoms. The number of hydrogen-bond donors (Lipinski definition) is 0. The van der Waals surface area contributed by atoms with Gasteiger partial charge in [-0.3, -0.25) is 4.90 Å². The van der Waals surface area contributed by atoms with E-state index in [9.17, 15) is 18.0 Å². The van der Waals surface area contributed by atoms with Crippen LogP contribution < -0.4 is 0 Å². The second-order valence-corrected chi connectivity index (χ2v) is 6.24. The first-order valence-electron chi connectivity index (χ1n) is 6.29. The predicted octanol–water partition coefficient (Wildman–Crippen LogP) is 2.24. The molecule has 2 saturated heterocycles. The molecule has 2 aliphatic rings. The van der Waals surface area contributed by atoms with Crippen molar-refractivity contribution in [2.45, 2.75) is 57.1 Å². The monoisotopic (exact) mass is 280 g/mol. The van der Waals surface area contributed by atoms with Gasteiger partial charge in [0.2, 0.25) is 0 Å². The second kappa shape index (κ2) is 4.26. The molecule has 110 valence electrons. The number of carbonyl (C=O) groups is 1. The quantitative estimate of drug-likeness (QED) is 0.682. The molecule has 2 bridgehead atoms. The lowest BCUT2D eigenvalue weighted by Gasteiger charge is -2.40. The number of rotatable bonds is 0. The predicted molar refractivity (Wildman–Crippen MR) is 62.7 cm³/mol. The number of fused-ring (bicyclic) bond motifs is 2. The molecule has 1 amide bonds. The second-order valence-electron chi connectivity index (χ2n) is 6.24.